The van der Waals surface area contributed by atoms with Crippen molar-refractivity contribution in [3.8, 4) is 0 Å². The number of aryl methyl sites for hydroxylation is 1. The molecule has 0 bridgehead atoms. The number of imidazole rings is 1. The van der Waals surface area contributed by atoms with Crippen molar-refractivity contribution in [2.75, 3.05) is 5.32 Å². The fourth-order valence-corrected chi connectivity index (χ4v) is 2.71. The van der Waals surface area contributed by atoms with Crippen LogP contribution < -0.4 is 5.32 Å². The molecule has 1 amide bonds. The number of carbonyl (C=O) groups is 2. The summed E-state index contributed by atoms with van der Waals surface area (Å²) in [5.41, 5.74) is 3.09. The summed E-state index contributed by atoms with van der Waals surface area (Å²) in [5, 5.41) is 12.4. The normalized spacial score (nSPS) is 11.1. The largest absolute Gasteiger partial charge is 0.475 e. The molecule has 2 heterocycles. The molecule has 0 fully saturated rings. The number of anilines is 1. The highest BCUT2D eigenvalue weighted by Crippen LogP contribution is 2.24. The molecule has 0 atom stereocenters. The first-order valence-electron chi connectivity index (χ1n) is 7.54. The van der Waals surface area contributed by atoms with Crippen molar-refractivity contribution >= 4 is 39.6 Å². The van der Waals surface area contributed by atoms with Crippen LogP contribution in [0.2, 0.25) is 0 Å². The zero-order chi connectivity index (χ0) is 17.6. The summed E-state index contributed by atoms with van der Waals surface area (Å²) < 4.78 is 5.20. The van der Waals surface area contributed by atoms with Crippen LogP contribution in [0.4, 0.5) is 5.69 Å². The standard InChI is InChI=1S/C18H13N3O4/c1-9-19-13-4-2-10(7-14(13)20-9)17(22)21-12-3-5-15-11(6-12)8-16(25-15)18(23)24/h2-8H,1H3,(H,19,20)(H,21,22)(H,23,24). The van der Waals surface area contributed by atoms with Gasteiger partial charge in [-0.05, 0) is 49.4 Å². The molecule has 0 radical (unpaired) electrons. The van der Waals surface area contributed by atoms with Crippen LogP contribution in [0.3, 0.4) is 0 Å². The first-order chi connectivity index (χ1) is 12.0. The van der Waals surface area contributed by atoms with E-state index in [1.807, 2.05) is 6.92 Å². The van der Waals surface area contributed by atoms with Crippen LogP contribution in [0.25, 0.3) is 22.0 Å². The summed E-state index contributed by atoms with van der Waals surface area (Å²) in [5.74, 6) is -0.758. The molecule has 4 rings (SSSR count). The first kappa shape index (κ1) is 14.9. The maximum absolute atomic E-state index is 12.5. The van der Waals surface area contributed by atoms with Crippen LogP contribution in [0.15, 0.2) is 46.9 Å². The van der Waals surface area contributed by atoms with Crippen LogP contribution in [0, 0.1) is 6.92 Å². The second-order valence-electron chi connectivity index (χ2n) is 5.68. The van der Waals surface area contributed by atoms with E-state index >= 15 is 0 Å². The van der Waals surface area contributed by atoms with Crippen LogP contribution in [-0.4, -0.2) is 27.0 Å². The highest BCUT2D eigenvalue weighted by molar-refractivity contribution is 6.06. The van der Waals surface area contributed by atoms with Crippen molar-refractivity contribution in [2.45, 2.75) is 6.92 Å². The minimum absolute atomic E-state index is 0.140. The van der Waals surface area contributed by atoms with E-state index in [4.69, 9.17) is 9.52 Å². The second kappa shape index (κ2) is 5.48. The summed E-state index contributed by atoms with van der Waals surface area (Å²) in [7, 11) is 0. The number of nitrogens with zero attached hydrogens (tertiary/aromatic N) is 1. The molecular formula is C18H13N3O4. The summed E-state index contributed by atoms with van der Waals surface area (Å²) >= 11 is 0. The van der Waals surface area contributed by atoms with Crippen LogP contribution in [-0.2, 0) is 0 Å². The van der Waals surface area contributed by atoms with Gasteiger partial charge in [-0.3, -0.25) is 4.79 Å². The Morgan fingerprint density at radius 1 is 1.16 bits per heavy atom. The first-order valence-corrected chi connectivity index (χ1v) is 7.54. The van der Waals surface area contributed by atoms with E-state index in [1.54, 1.807) is 36.4 Å². The monoisotopic (exact) mass is 335 g/mol. The van der Waals surface area contributed by atoms with E-state index in [9.17, 15) is 9.59 Å². The average Bonchev–Trinajstić information content (AvgIpc) is 3.15. The number of amides is 1. The smallest absolute Gasteiger partial charge is 0.371 e. The number of carbonyl (C=O) groups excluding carboxylic acids is 1. The number of hydrogen-bond donors (Lipinski definition) is 3. The molecule has 25 heavy (non-hydrogen) atoms. The van der Waals surface area contributed by atoms with E-state index in [0.717, 1.165) is 16.9 Å². The maximum atomic E-state index is 12.5. The number of furan rings is 1. The molecule has 0 aliphatic carbocycles. The Balaban J connectivity index is 1.62. The van der Waals surface area contributed by atoms with Gasteiger partial charge in [-0.2, -0.15) is 0 Å². The number of aromatic carboxylic acids is 1. The molecule has 2 aromatic heterocycles. The molecule has 4 aromatic rings. The molecule has 7 nitrogen and oxygen atoms in total. The topological polar surface area (TPSA) is 108 Å². The number of carboxylic acids is 1. The number of carboxylic acid groups (broad SMARTS) is 1. The zero-order valence-corrected chi connectivity index (χ0v) is 13.2. The lowest BCUT2D eigenvalue weighted by molar-refractivity contribution is 0.0665. The Morgan fingerprint density at radius 2 is 2.00 bits per heavy atom. The molecule has 3 N–H and O–H groups in total. The molecule has 0 saturated heterocycles. The van der Waals surface area contributed by atoms with Gasteiger partial charge in [0.1, 0.15) is 11.4 Å². The highest BCUT2D eigenvalue weighted by atomic mass is 16.4. The average molecular weight is 335 g/mol. The van der Waals surface area contributed by atoms with Crippen molar-refractivity contribution < 1.29 is 19.1 Å². The molecule has 0 spiro atoms. The molecule has 0 saturated carbocycles. The van der Waals surface area contributed by atoms with Gasteiger partial charge >= 0.3 is 5.97 Å². The third-order valence-electron chi connectivity index (χ3n) is 3.85. The number of fused-ring (bicyclic) bond motifs is 2. The summed E-state index contributed by atoms with van der Waals surface area (Å²) in [6, 6.07) is 11.6. The second-order valence-corrected chi connectivity index (χ2v) is 5.68. The number of aromatic nitrogens is 2. The van der Waals surface area contributed by atoms with E-state index in [1.165, 1.54) is 6.07 Å². The van der Waals surface area contributed by atoms with Gasteiger partial charge in [-0.15, -0.1) is 0 Å². The Bertz CT molecular complexity index is 1140. The van der Waals surface area contributed by atoms with Crippen molar-refractivity contribution in [3.63, 3.8) is 0 Å². The minimum Gasteiger partial charge on any atom is -0.475 e. The maximum Gasteiger partial charge on any atom is 0.371 e. The number of H-pyrrole nitrogens is 1. The third kappa shape index (κ3) is 2.72. The van der Waals surface area contributed by atoms with Gasteiger partial charge in [-0.1, -0.05) is 0 Å². The number of aromatic amines is 1. The van der Waals surface area contributed by atoms with Crippen molar-refractivity contribution in [1.29, 1.82) is 0 Å². The fraction of sp³-hybridized carbons (Fsp3) is 0.0556. The third-order valence-corrected chi connectivity index (χ3v) is 3.85. The van der Waals surface area contributed by atoms with Crippen LogP contribution >= 0.6 is 0 Å². The van der Waals surface area contributed by atoms with E-state index in [-0.39, 0.29) is 11.7 Å². The summed E-state index contributed by atoms with van der Waals surface area (Å²) in [4.78, 5) is 30.8. The number of benzene rings is 2. The number of hydrogen-bond acceptors (Lipinski definition) is 4. The van der Waals surface area contributed by atoms with Crippen molar-refractivity contribution in [2.24, 2.45) is 0 Å². The predicted octanol–water partition coefficient (Wildman–Crippen LogP) is 3.57. The van der Waals surface area contributed by atoms with Gasteiger partial charge in [0.05, 0.1) is 11.0 Å². The SMILES string of the molecule is Cc1nc2ccc(C(=O)Nc3ccc4oc(C(=O)O)cc4c3)cc2[nH]1. The van der Waals surface area contributed by atoms with Crippen molar-refractivity contribution in [3.05, 3.63) is 59.6 Å². The summed E-state index contributed by atoms with van der Waals surface area (Å²) in [6.45, 7) is 1.85. The molecule has 0 unspecified atom stereocenters. The molecule has 0 aliphatic heterocycles. The fourth-order valence-electron chi connectivity index (χ4n) is 2.71. The Hall–Kier alpha value is -3.61. The van der Waals surface area contributed by atoms with Gasteiger partial charge < -0.3 is 19.8 Å². The molecule has 0 aliphatic rings. The van der Waals surface area contributed by atoms with Gasteiger partial charge in [-0.25, -0.2) is 9.78 Å². The van der Waals surface area contributed by atoms with Crippen LogP contribution in [0.1, 0.15) is 26.7 Å². The molecule has 7 heteroatoms. The minimum atomic E-state index is -1.13. The molecular weight excluding hydrogens is 322 g/mol. The van der Waals surface area contributed by atoms with E-state index < -0.39 is 5.97 Å². The molecule has 124 valence electrons. The van der Waals surface area contributed by atoms with E-state index in [0.29, 0.717) is 22.2 Å². The summed E-state index contributed by atoms with van der Waals surface area (Å²) in [6.07, 6.45) is 0. The Kier molecular flexibility index (Phi) is 3.28. The van der Waals surface area contributed by atoms with Gasteiger partial charge in [0.2, 0.25) is 5.76 Å². The Morgan fingerprint density at radius 3 is 2.80 bits per heavy atom. The van der Waals surface area contributed by atoms with Crippen molar-refractivity contribution in [1.82, 2.24) is 9.97 Å². The van der Waals surface area contributed by atoms with Gasteiger partial charge in [0.15, 0.2) is 0 Å². The zero-order valence-electron chi connectivity index (χ0n) is 13.2. The lowest BCUT2D eigenvalue weighted by Crippen LogP contribution is -2.11. The Labute approximate surface area is 141 Å². The van der Waals surface area contributed by atoms with Gasteiger partial charge in [0, 0.05) is 16.6 Å². The molecule has 2 aromatic carbocycles. The predicted molar refractivity (Wildman–Crippen MR) is 92.0 cm³/mol. The quantitative estimate of drug-likeness (QED) is 0.530. The lowest BCUT2D eigenvalue weighted by atomic mass is 10.1. The van der Waals surface area contributed by atoms with Gasteiger partial charge in [0.25, 0.3) is 5.91 Å². The lowest BCUT2D eigenvalue weighted by Gasteiger charge is -2.05. The van der Waals surface area contributed by atoms with E-state index in [2.05, 4.69) is 15.3 Å². The number of nitrogens with one attached hydrogen (secondary N) is 2. The highest BCUT2D eigenvalue weighted by Gasteiger charge is 2.12. The van der Waals surface area contributed by atoms with Crippen LogP contribution in [0.5, 0.6) is 0 Å². The number of rotatable bonds is 3.